The Morgan fingerprint density at radius 2 is 2.39 bits per heavy atom. The lowest BCUT2D eigenvalue weighted by molar-refractivity contribution is -0.385. The highest BCUT2D eigenvalue weighted by molar-refractivity contribution is 5.44. The molecule has 2 rings (SSSR count). The van der Waals surface area contributed by atoms with Gasteiger partial charge in [-0.05, 0) is 25.3 Å². The van der Waals surface area contributed by atoms with Crippen LogP contribution in [0.3, 0.4) is 0 Å². The molecule has 98 valence electrons. The van der Waals surface area contributed by atoms with Crippen molar-refractivity contribution < 1.29 is 9.66 Å². The van der Waals surface area contributed by atoms with Crippen LogP contribution in [0.4, 0.5) is 5.69 Å². The van der Waals surface area contributed by atoms with Gasteiger partial charge in [0.25, 0.3) is 5.69 Å². The second-order valence-electron chi connectivity index (χ2n) is 4.61. The number of nitrogens with zero attached hydrogens (tertiary/aromatic N) is 1. The van der Waals surface area contributed by atoms with E-state index < -0.39 is 0 Å². The highest BCUT2D eigenvalue weighted by Crippen LogP contribution is 2.21. The average Bonchev–Trinajstić information content (AvgIpc) is 2.38. The third-order valence-electron chi connectivity index (χ3n) is 3.36. The summed E-state index contributed by atoms with van der Waals surface area (Å²) < 4.78 is 5.39. The smallest absolute Gasteiger partial charge is 0.272 e. The summed E-state index contributed by atoms with van der Waals surface area (Å²) in [5, 5.41) is 14.2. The van der Waals surface area contributed by atoms with E-state index in [1.807, 2.05) is 6.07 Å². The van der Waals surface area contributed by atoms with Crippen molar-refractivity contribution in [3.05, 3.63) is 39.4 Å². The summed E-state index contributed by atoms with van der Waals surface area (Å²) in [5.41, 5.74) is 1.91. The zero-order valence-electron chi connectivity index (χ0n) is 10.5. The van der Waals surface area contributed by atoms with E-state index >= 15 is 0 Å². The van der Waals surface area contributed by atoms with Crippen molar-refractivity contribution in [1.29, 1.82) is 0 Å². The molecule has 5 heteroatoms. The Kier molecular flexibility index (Phi) is 4.28. The molecule has 1 heterocycles. The molecule has 1 atom stereocenters. The molecule has 5 nitrogen and oxygen atoms in total. The molecule has 1 aliphatic rings. The fraction of sp³-hybridized carbons (Fsp3) is 0.538. The molecule has 0 spiro atoms. The average molecular weight is 250 g/mol. The number of hydrogen-bond donors (Lipinski definition) is 1. The second-order valence-corrected chi connectivity index (χ2v) is 4.61. The maximum absolute atomic E-state index is 10.8. The molecular formula is C13H18N2O3. The first kappa shape index (κ1) is 13.0. The van der Waals surface area contributed by atoms with E-state index in [2.05, 4.69) is 5.32 Å². The summed E-state index contributed by atoms with van der Waals surface area (Å²) in [6.07, 6.45) is 2.18. The first-order chi connectivity index (χ1) is 8.68. The van der Waals surface area contributed by atoms with Crippen LogP contribution in [0.2, 0.25) is 0 Å². The largest absolute Gasteiger partial charge is 0.380 e. The quantitative estimate of drug-likeness (QED) is 0.657. The maximum atomic E-state index is 10.8. The molecule has 1 aromatic carbocycles. The van der Waals surface area contributed by atoms with Crippen molar-refractivity contribution in [2.45, 2.75) is 32.4 Å². The molecule has 1 unspecified atom stereocenters. The second kappa shape index (κ2) is 5.93. The molecule has 1 aliphatic heterocycles. The molecule has 1 saturated heterocycles. The van der Waals surface area contributed by atoms with Crippen molar-refractivity contribution >= 4 is 5.69 Å². The van der Waals surface area contributed by atoms with Crippen molar-refractivity contribution in [3.63, 3.8) is 0 Å². The molecule has 0 aliphatic carbocycles. The Labute approximate surface area is 106 Å². The predicted molar refractivity (Wildman–Crippen MR) is 68.5 cm³/mol. The summed E-state index contributed by atoms with van der Waals surface area (Å²) in [6.45, 7) is 4.02. The standard InChI is InChI=1S/C13H18N2O3/c1-10-11(4-2-6-13(10)15(16)17)8-14-12-5-3-7-18-9-12/h2,4,6,12,14H,3,5,7-9H2,1H3. The summed E-state index contributed by atoms with van der Waals surface area (Å²) in [6, 6.07) is 5.57. The molecule has 1 fully saturated rings. The van der Waals surface area contributed by atoms with Gasteiger partial charge in [-0.25, -0.2) is 0 Å². The van der Waals surface area contributed by atoms with E-state index in [1.54, 1.807) is 19.1 Å². The first-order valence-corrected chi connectivity index (χ1v) is 6.22. The van der Waals surface area contributed by atoms with E-state index in [-0.39, 0.29) is 10.6 Å². The molecule has 0 radical (unpaired) electrons. The summed E-state index contributed by atoms with van der Waals surface area (Å²) in [5.74, 6) is 0. The normalized spacial score (nSPS) is 19.7. The Morgan fingerprint density at radius 1 is 1.56 bits per heavy atom. The molecular weight excluding hydrogens is 232 g/mol. The van der Waals surface area contributed by atoms with Crippen LogP contribution in [0.25, 0.3) is 0 Å². The monoisotopic (exact) mass is 250 g/mol. The van der Waals surface area contributed by atoms with Gasteiger partial charge in [0.1, 0.15) is 0 Å². The van der Waals surface area contributed by atoms with Gasteiger partial charge in [0, 0.05) is 30.8 Å². The SMILES string of the molecule is Cc1c(CNC2CCCOC2)cccc1[N+](=O)[O-]. The van der Waals surface area contributed by atoms with E-state index in [0.29, 0.717) is 12.6 Å². The molecule has 0 aromatic heterocycles. The van der Waals surface area contributed by atoms with Crippen LogP contribution in [-0.2, 0) is 11.3 Å². The minimum atomic E-state index is -0.331. The Bertz CT molecular complexity index is 428. The zero-order valence-corrected chi connectivity index (χ0v) is 10.5. The lowest BCUT2D eigenvalue weighted by Crippen LogP contribution is -2.36. The maximum Gasteiger partial charge on any atom is 0.272 e. The number of rotatable bonds is 4. The topological polar surface area (TPSA) is 64.4 Å². The number of hydrogen-bond acceptors (Lipinski definition) is 4. The van der Waals surface area contributed by atoms with E-state index in [9.17, 15) is 10.1 Å². The number of nitro groups is 1. The first-order valence-electron chi connectivity index (χ1n) is 6.22. The van der Waals surface area contributed by atoms with Crippen LogP contribution >= 0.6 is 0 Å². The number of ether oxygens (including phenoxy) is 1. The molecule has 0 amide bonds. The minimum absolute atomic E-state index is 0.189. The van der Waals surface area contributed by atoms with Gasteiger partial charge in [-0.15, -0.1) is 0 Å². The zero-order chi connectivity index (χ0) is 13.0. The summed E-state index contributed by atoms with van der Waals surface area (Å²) >= 11 is 0. The van der Waals surface area contributed by atoms with Crippen LogP contribution in [-0.4, -0.2) is 24.2 Å². The van der Waals surface area contributed by atoms with Crippen molar-refractivity contribution in [1.82, 2.24) is 5.32 Å². The predicted octanol–water partition coefficient (Wildman–Crippen LogP) is 2.17. The number of nitro benzene ring substituents is 1. The molecule has 18 heavy (non-hydrogen) atoms. The van der Waals surface area contributed by atoms with Crippen LogP contribution in [0.15, 0.2) is 18.2 Å². The Hall–Kier alpha value is -1.46. The number of nitrogens with one attached hydrogen (secondary N) is 1. The van der Waals surface area contributed by atoms with Crippen molar-refractivity contribution in [3.8, 4) is 0 Å². The highest BCUT2D eigenvalue weighted by Gasteiger charge is 2.16. The van der Waals surface area contributed by atoms with Crippen LogP contribution in [0.5, 0.6) is 0 Å². The summed E-state index contributed by atoms with van der Waals surface area (Å²) in [7, 11) is 0. The molecule has 0 saturated carbocycles. The lowest BCUT2D eigenvalue weighted by atomic mass is 10.1. The minimum Gasteiger partial charge on any atom is -0.380 e. The van der Waals surface area contributed by atoms with Crippen LogP contribution < -0.4 is 5.32 Å². The lowest BCUT2D eigenvalue weighted by Gasteiger charge is -2.23. The number of benzene rings is 1. The fourth-order valence-electron chi connectivity index (χ4n) is 2.22. The molecule has 0 bridgehead atoms. The van der Waals surface area contributed by atoms with E-state index in [1.165, 1.54) is 0 Å². The van der Waals surface area contributed by atoms with E-state index in [4.69, 9.17) is 4.74 Å². The highest BCUT2D eigenvalue weighted by atomic mass is 16.6. The van der Waals surface area contributed by atoms with Crippen molar-refractivity contribution in [2.75, 3.05) is 13.2 Å². The fourth-order valence-corrected chi connectivity index (χ4v) is 2.22. The van der Waals surface area contributed by atoms with Gasteiger partial charge in [0.05, 0.1) is 11.5 Å². The van der Waals surface area contributed by atoms with Crippen LogP contribution in [0, 0.1) is 17.0 Å². The Morgan fingerprint density at radius 3 is 3.06 bits per heavy atom. The van der Waals surface area contributed by atoms with Crippen LogP contribution in [0.1, 0.15) is 24.0 Å². The van der Waals surface area contributed by atoms with Gasteiger partial charge in [0.2, 0.25) is 0 Å². The van der Waals surface area contributed by atoms with Crippen molar-refractivity contribution in [2.24, 2.45) is 0 Å². The van der Waals surface area contributed by atoms with Gasteiger partial charge in [0.15, 0.2) is 0 Å². The Balaban J connectivity index is 2.00. The van der Waals surface area contributed by atoms with Gasteiger partial charge < -0.3 is 10.1 Å². The van der Waals surface area contributed by atoms with Gasteiger partial charge >= 0.3 is 0 Å². The molecule has 1 N–H and O–H groups in total. The van der Waals surface area contributed by atoms with Gasteiger partial charge in [-0.1, -0.05) is 12.1 Å². The third-order valence-corrected chi connectivity index (χ3v) is 3.36. The summed E-state index contributed by atoms with van der Waals surface area (Å²) in [4.78, 5) is 10.5. The van der Waals surface area contributed by atoms with E-state index in [0.717, 1.165) is 37.2 Å². The van der Waals surface area contributed by atoms with Gasteiger partial charge in [-0.3, -0.25) is 10.1 Å². The van der Waals surface area contributed by atoms with Gasteiger partial charge in [-0.2, -0.15) is 0 Å². The third kappa shape index (κ3) is 3.05. The molecule has 1 aromatic rings.